The number of primary amides is 1. The quantitative estimate of drug-likeness (QED) is 0.224. The lowest BCUT2D eigenvalue weighted by atomic mass is 10.0. The second-order valence-electron chi connectivity index (χ2n) is 6.18. The molecule has 0 unspecified atom stereocenters. The third-order valence-electron chi connectivity index (χ3n) is 3.73. The van der Waals surface area contributed by atoms with Crippen LogP contribution < -0.4 is 22.1 Å². The third kappa shape index (κ3) is 10.8. The number of carbonyl (C=O) groups excluding carboxylic acids is 2. The van der Waals surface area contributed by atoms with Gasteiger partial charge in [0.1, 0.15) is 11.5 Å². The number of hydrogen-bond donors (Lipinski definition) is 4. The first-order chi connectivity index (χ1) is 13.6. The van der Waals surface area contributed by atoms with Crippen LogP contribution in [0, 0.1) is 18.7 Å². The second kappa shape index (κ2) is 13.2. The highest BCUT2D eigenvalue weighted by Crippen LogP contribution is 2.15. The minimum atomic E-state index is -1.07. The Morgan fingerprint density at radius 3 is 2.28 bits per heavy atom. The van der Waals surface area contributed by atoms with Crippen LogP contribution in [0.15, 0.2) is 48.1 Å². The van der Waals surface area contributed by atoms with Crippen LogP contribution >= 0.6 is 12.2 Å². The van der Waals surface area contributed by atoms with Crippen molar-refractivity contribution in [3.8, 4) is 12.8 Å². The topological polar surface area (TPSA) is 110 Å². The maximum Gasteiger partial charge on any atom is 0.230 e. The molecular formula is C21H27FN4O2S. The number of rotatable bonds is 8. The van der Waals surface area contributed by atoms with Gasteiger partial charge in [0.25, 0.3) is 0 Å². The summed E-state index contributed by atoms with van der Waals surface area (Å²) in [5.74, 6) is -1.07. The van der Waals surface area contributed by atoms with E-state index in [9.17, 15) is 14.0 Å². The number of terminal acetylenes is 1. The van der Waals surface area contributed by atoms with E-state index in [4.69, 9.17) is 23.7 Å². The molecular weight excluding hydrogens is 391 g/mol. The zero-order chi connectivity index (χ0) is 22.4. The van der Waals surface area contributed by atoms with Crippen molar-refractivity contribution in [2.75, 3.05) is 0 Å². The number of nitrogens with one attached hydrogen (secondary N) is 2. The minimum Gasteiger partial charge on any atom is -0.369 e. The van der Waals surface area contributed by atoms with E-state index in [1.807, 2.05) is 13.0 Å². The number of halogens is 1. The summed E-state index contributed by atoms with van der Waals surface area (Å²) in [5.41, 5.74) is 11.6. The molecule has 0 aliphatic heterocycles. The van der Waals surface area contributed by atoms with Crippen LogP contribution in [0.4, 0.5) is 4.39 Å². The zero-order valence-electron chi connectivity index (χ0n) is 16.6. The molecule has 1 aromatic rings. The molecule has 1 aromatic carbocycles. The second-order valence-corrected chi connectivity index (χ2v) is 6.59. The summed E-state index contributed by atoms with van der Waals surface area (Å²) in [6, 6.07) is 5.69. The lowest BCUT2D eigenvalue weighted by Crippen LogP contribution is -2.54. The first-order valence-corrected chi connectivity index (χ1v) is 9.12. The van der Waals surface area contributed by atoms with Crippen molar-refractivity contribution >= 4 is 29.1 Å². The maximum absolute atomic E-state index is 13.0. The zero-order valence-corrected chi connectivity index (χ0v) is 17.4. The van der Waals surface area contributed by atoms with E-state index in [1.54, 1.807) is 31.2 Å². The highest BCUT2D eigenvalue weighted by molar-refractivity contribution is 7.80. The van der Waals surface area contributed by atoms with Gasteiger partial charge >= 0.3 is 0 Å². The van der Waals surface area contributed by atoms with Gasteiger partial charge in [0, 0.05) is 12.8 Å². The highest BCUT2D eigenvalue weighted by atomic mass is 32.1. The SMILES string of the molecule is C#C.C/C=C(\C/C=C\CC(N)=O)CC(=O)NC(=S)N[C@](C)(N)c1ccc(F)cc1. The summed E-state index contributed by atoms with van der Waals surface area (Å²) in [6.07, 6.45) is 14.1. The van der Waals surface area contributed by atoms with Crippen molar-refractivity contribution in [1.29, 1.82) is 0 Å². The Morgan fingerprint density at radius 1 is 1.21 bits per heavy atom. The molecule has 156 valence electrons. The molecule has 6 nitrogen and oxygen atoms in total. The maximum atomic E-state index is 13.0. The molecule has 1 rings (SSSR count). The van der Waals surface area contributed by atoms with Gasteiger partial charge in [-0.2, -0.15) is 0 Å². The summed E-state index contributed by atoms with van der Waals surface area (Å²) in [7, 11) is 0. The lowest BCUT2D eigenvalue weighted by Gasteiger charge is -2.28. The standard InChI is InChI=1S/C19H25FN4O2S.C2H2/c1-3-13(6-4-5-7-16(21)25)12-17(26)23-18(27)24-19(2,22)14-8-10-15(20)11-9-14;1-2/h3-5,8-11H,6-7,12,22H2,1-2H3,(H2,21,25)(H2,23,24,26,27);1-2H/b5-4-,13-3+;/t19-;/m0./s1. The van der Waals surface area contributed by atoms with Crippen molar-refractivity contribution in [3.63, 3.8) is 0 Å². The Hall–Kier alpha value is -3.02. The molecule has 0 spiro atoms. The van der Waals surface area contributed by atoms with Crippen LogP contribution in [0.5, 0.6) is 0 Å². The molecule has 2 amide bonds. The van der Waals surface area contributed by atoms with Gasteiger partial charge in [-0.3, -0.25) is 9.59 Å². The van der Waals surface area contributed by atoms with E-state index in [1.165, 1.54) is 12.1 Å². The number of nitrogens with two attached hydrogens (primary N) is 2. The van der Waals surface area contributed by atoms with Gasteiger partial charge in [-0.25, -0.2) is 4.39 Å². The van der Waals surface area contributed by atoms with Crippen LogP contribution in [0.1, 0.15) is 38.7 Å². The van der Waals surface area contributed by atoms with Crippen LogP contribution in [0.25, 0.3) is 0 Å². The third-order valence-corrected chi connectivity index (χ3v) is 3.94. The number of benzene rings is 1. The molecule has 0 aromatic heterocycles. The number of carbonyl (C=O) groups is 2. The average molecular weight is 419 g/mol. The number of thiocarbonyl (C=S) groups is 1. The largest absolute Gasteiger partial charge is 0.369 e. The van der Waals surface area contributed by atoms with Gasteiger partial charge in [-0.1, -0.05) is 35.9 Å². The van der Waals surface area contributed by atoms with Crippen LogP contribution in [-0.4, -0.2) is 16.9 Å². The Morgan fingerprint density at radius 2 is 1.76 bits per heavy atom. The molecule has 0 saturated carbocycles. The predicted octanol–water partition coefficient (Wildman–Crippen LogP) is 2.36. The van der Waals surface area contributed by atoms with Gasteiger partial charge in [-0.05, 0) is 50.2 Å². The fourth-order valence-electron chi connectivity index (χ4n) is 2.24. The Balaban J connectivity index is 0.00000379. The lowest BCUT2D eigenvalue weighted by molar-refractivity contribution is -0.119. The van der Waals surface area contributed by atoms with E-state index in [0.717, 1.165) is 5.57 Å². The molecule has 0 aliphatic carbocycles. The van der Waals surface area contributed by atoms with Crippen molar-refractivity contribution in [2.45, 2.75) is 38.8 Å². The van der Waals surface area contributed by atoms with Crippen LogP contribution in [-0.2, 0) is 15.3 Å². The number of hydrogen-bond acceptors (Lipinski definition) is 4. The molecule has 0 fully saturated rings. The Bertz CT molecular complexity index is 784. The summed E-state index contributed by atoms with van der Waals surface area (Å²) in [4.78, 5) is 22.9. The molecule has 0 saturated heterocycles. The Kier molecular flexibility index (Phi) is 11.8. The normalized spacial score (nSPS) is 13.0. The van der Waals surface area contributed by atoms with E-state index in [-0.39, 0.29) is 29.7 Å². The molecule has 0 bridgehead atoms. The highest BCUT2D eigenvalue weighted by Gasteiger charge is 2.22. The molecule has 0 aliphatic rings. The number of allylic oxidation sites excluding steroid dienone is 2. The summed E-state index contributed by atoms with van der Waals surface area (Å²) in [6.45, 7) is 3.49. The summed E-state index contributed by atoms with van der Waals surface area (Å²) < 4.78 is 13.0. The molecule has 8 heteroatoms. The van der Waals surface area contributed by atoms with Gasteiger partial charge in [-0.15, -0.1) is 12.8 Å². The summed E-state index contributed by atoms with van der Waals surface area (Å²) in [5, 5.41) is 5.51. The van der Waals surface area contributed by atoms with Crippen LogP contribution in [0.3, 0.4) is 0 Å². The van der Waals surface area contributed by atoms with E-state index >= 15 is 0 Å². The van der Waals surface area contributed by atoms with Crippen LogP contribution in [0.2, 0.25) is 0 Å². The van der Waals surface area contributed by atoms with Crippen molar-refractivity contribution in [1.82, 2.24) is 10.6 Å². The van der Waals surface area contributed by atoms with Gasteiger partial charge in [0.2, 0.25) is 11.8 Å². The van der Waals surface area contributed by atoms with E-state index < -0.39 is 11.6 Å². The first-order valence-electron chi connectivity index (χ1n) is 8.71. The number of amides is 2. The molecule has 0 radical (unpaired) electrons. The smallest absolute Gasteiger partial charge is 0.230 e. The molecule has 0 heterocycles. The molecule has 29 heavy (non-hydrogen) atoms. The minimum absolute atomic E-state index is 0.0778. The van der Waals surface area contributed by atoms with Gasteiger partial charge in [0.15, 0.2) is 5.11 Å². The molecule has 1 atom stereocenters. The first kappa shape index (κ1) is 26.0. The Labute approximate surface area is 176 Å². The predicted molar refractivity (Wildman–Crippen MR) is 118 cm³/mol. The van der Waals surface area contributed by atoms with Gasteiger partial charge < -0.3 is 22.1 Å². The van der Waals surface area contributed by atoms with Gasteiger partial charge in [0.05, 0.1) is 0 Å². The fraction of sp³-hybridized carbons (Fsp3) is 0.286. The van der Waals surface area contributed by atoms with E-state index in [2.05, 4.69) is 23.5 Å². The van der Waals surface area contributed by atoms with Crippen molar-refractivity contribution < 1.29 is 14.0 Å². The molecule has 6 N–H and O–H groups in total. The monoisotopic (exact) mass is 418 g/mol. The fourth-order valence-corrected chi connectivity index (χ4v) is 2.56. The summed E-state index contributed by atoms with van der Waals surface area (Å²) >= 11 is 5.15. The van der Waals surface area contributed by atoms with Crippen molar-refractivity contribution in [3.05, 3.63) is 59.4 Å². The average Bonchev–Trinajstić information content (AvgIpc) is 2.65. The van der Waals surface area contributed by atoms with Crippen molar-refractivity contribution in [2.24, 2.45) is 11.5 Å². The van der Waals surface area contributed by atoms with E-state index in [0.29, 0.717) is 12.0 Å².